The van der Waals surface area contributed by atoms with Crippen molar-refractivity contribution in [1.29, 1.82) is 0 Å². The Kier molecular flexibility index (Phi) is 4.80. The van der Waals surface area contributed by atoms with Gasteiger partial charge in [-0.15, -0.1) is 0 Å². The van der Waals surface area contributed by atoms with E-state index in [1.54, 1.807) is 0 Å². The summed E-state index contributed by atoms with van der Waals surface area (Å²) >= 11 is 4.90. The highest BCUT2D eigenvalue weighted by Crippen LogP contribution is 2.46. The Hall–Kier alpha value is -0.150. The third kappa shape index (κ3) is 3.92. The van der Waals surface area contributed by atoms with Crippen molar-refractivity contribution in [3.05, 3.63) is 0 Å². The van der Waals surface area contributed by atoms with Gasteiger partial charge in [0.2, 0.25) is 0 Å². The lowest BCUT2D eigenvalue weighted by atomic mass is 9.77. The Morgan fingerprint density at radius 3 is 2.29 bits per heavy atom. The monoisotopic (exact) mass is 254 g/mol. The zero-order valence-electron chi connectivity index (χ0n) is 10.9. The van der Waals surface area contributed by atoms with E-state index in [9.17, 15) is 0 Å². The zero-order chi connectivity index (χ0) is 12.1. The molecule has 2 fully saturated rings. The maximum atomic E-state index is 5.51. The van der Waals surface area contributed by atoms with Gasteiger partial charge in [-0.2, -0.15) is 0 Å². The number of likely N-dealkylation sites (tertiary alicyclic amines) is 1. The Labute approximate surface area is 111 Å². The molecular formula is C14H26N2S. The van der Waals surface area contributed by atoms with Gasteiger partial charge >= 0.3 is 0 Å². The van der Waals surface area contributed by atoms with E-state index in [-0.39, 0.29) is 0 Å². The second kappa shape index (κ2) is 6.14. The Bertz CT molecular complexity index is 249. The number of rotatable bonds is 5. The molecule has 0 unspecified atom stereocenters. The summed E-state index contributed by atoms with van der Waals surface area (Å²) in [5, 5.41) is 0. The molecule has 0 aromatic heterocycles. The standard InChI is InChI=1S/C14H26N2S/c15-13(17)5-1-4-10-16-11-8-14(9-12-16)6-2-3-7-14/h1-12H2,(H2,15,17). The third-order valence-electron chi connectivity index (χ3n) is 4.73. The fraction of sp³-hybridized carbons (Fsp3) is 0.929. The summed E-state index contributed by atoms with van der Waals surface area (Å²) in [5.41, 5.74) is 6.27. The van der Waals surface area contributed by atoms with Gasteiger partial charge in [-0.3, -0.25) is 0 Å². The summed E-state index contributed by atoms with van der Waals surface area (Å²) in [7, 11) is 0. The van der Waals surface area contributed by atoms with Gasteiger partial charge in [0.05, 0.1) is 4.99 Å². The van der Waals surface area contributed by atoms with E-state index in [1.165, 1.54) is 64.6 Å². The van der Waals surface area contributed by atoms with E-state index in [2.05, 4.69) is 4.90 Å². The normalized spacial score (nSPS) is 24.2. The average Bonchev–Trinajstić information content (AvgIpc) is 2.75. The fourth-order valence-corrected chi connectivity index (χ4v) is 3.65. The molecule has 2 N–H and O–H groups in total. The van der Waals surface area contributed by atoms with Crippen molar-refractivity contribution in [2.75, 3.05) is 19.6 Å². The van der Waals surface area contributed by atoms with E-state index < -0.39 is 0 Å². The number of hydrogen-bond donors (Lipinski definition) is 1. The lowest BCUT2D eigenvalue weighted by Crippen LogP contribution is -2.39. The average molecular weight is 254 g/mol. The van der Waals surface area contributed by atoms with E-state index in [4.69, 9.17) is 18.0 Å². The first-order valence-corrected chi connectivity index (χ1v) is 7.62. The first-order valence-electron chi connectivity index (χ1n) is 7.21. The van der Waals surface area contributed by atoms with Gasteiger partial charge in [0.25, 0.3) is 0 Å². The largest absolute Gasteiger partial charge is 0.393 e. The minimum Gasteiger partial charge on any atom is -0.393 e. The molecule has 1 spiro atoms. The van der Waals surface area contributed by atoms with Gasteiger partial charge in [-0.1, -0.05) is 25.1 Å². The van der Waals surface area contributed by atoms with Gasteiger partial charge in [0, 0.05) is 0 Å². The highest BCUT2D eigenvalue weighted by molar-refractivity contribution is 7.80. The van der Waals surface area contributed by atoms with Crippen molar-refractivity contribution < 1.29 is 0 Å². The Balaban J connectivity index is 1.60. The smallest absolute Gasteiger partial charge is 0.0727 e. The Morgan fingerprint density at radius 1 is 1.06 bits per heavy atom. The summed E-state index contributed by atoms with van der Waals surface area (Å²) < 4.78 is 0. The molecule has 1 aliphatic heterocycles. The van der Waals surface area contributed by atoms with Crippen LogP contribution >= 0.6 is 12.2 Å². The second-order valence-corrected chi connectivity index (χ2v) is 6.50. The SMILES string of the molecule is NC(=S)CCCCN1CCC2(CCCC2)CC1. The molecule has 0 aromatic rings. The zero-order valence-corrected chi connectivity index (χ0v) is 11.7. The topological polar surface area (TPSA) is 29.3 Å². The molecule has 1 aliphatic carbocycles. The number of hydrogen-bond acceptors (Lipinski definition) is 2. The van der Waals surface area contributed by atoms with Crippen molar-refractivity contribution in [3.8, 4) is 0 Å². The summed E-state index contributed by atoms with van der Waals surface area (Å²) in [6.07, 6.45) is 12.2. The second-order valence-electron chi connectivity index (χ2n) is 5.97. The van der Waals surface area contributed by atoms with Gasteiger partial charge < -0.3 is 10.6 Å². The molecule has 1 saturated heterocycles. The van der Waals surface area contributed by atoms with Crippen molar-refractivity contribution in [1.82, 2.24) is 4.90 Å². The molecule has 2 aliphatic rings. The maximum absolute atomic E-state index is 5.51. The molecule has 2 nitrogen and oxygen atoms in total. The minimum atomic E-state index is 0.675. The molecule has 1 heterocycles. The van der Waals surface area contributed by atoms with Crippen LogP contribution in [-0.4, -0.2) is 29.5 Å². The fourth-order valence-electron chi connectivity index (χ4n) is 3.51. The molecule has 0 atom stereocenters. The molecule has 17 heavy (non-hydrogen) atoms. The van der Waals surface area contributed by atoms with Crippen molar-refractivity contribution in [2.45, 2.75) is 57.8 Å². The van der Waals surface area contributed by atoms with Crippen molar-refractivity contribution in [3.63, 3.8) is 0 Å². The minimum absolute atomic E-state index is 0.675. The van der Waals surface area contributed by atoms with Crippen LogP contribution in [0.25, 0.3) is 0 Å². The summed E-state index contributed by atoms with van der Waals surface area (Å²) in [4.78, 5) is 3.32. The van der Waals surface area contributed by atoms with Crippen LogP contribution in [0.1, 0.15) is 57.8 Å². The molecule has 0 aromatic carbocycles. The van der Waals surface area contributed by atoms with E-state index in [1.807, 2.05) is 0 Å². The van der Waals surface area contributed by atoms with Gasteiger partial charge in [-0.25, -0.2) is 0 Å². The number of nitrogens with two attached hydrogens (primary N) is 1. The predicted molar refractivity (Wildman–Crippen MR) is 77.2 cm³/mol. The number of thiocarbonyl (C=S) groups is 1. The van der Waals surface area contributed by atoms with Gasteiger partial charge in [0.15, 0.2) is 0 Å². The number of piperidine rings is 1. The predicted octanol–water partition coefficient (Wildman–Crippen LogP) is 3.10. The lowest BCUT2D eigenvalue weighted by molar-refractivity contribution is 0.107. The molecule has 2 rings (SSSR count). The third-order valence-corrected chi connectivity index (χ3v) is 4.93. The van der Waals surface area contributed by atoms with Gasteiger partial charge in [0.1, 0.15) is 0 Å². The van der Waals surface area contributed by atoms with Crippen LogP contribution < -0.4 is 5.73 Å². The molecule has 98 valence electrons. The van der Waals surface area contributed by atoms with Crippen molar-refractivity contribution >= 4 is 17.2 Å². The Morgan fingerprint density at radius 2 is 1.71 bits per heavy atom. The van der Waals surface area contributed by atoms with Crippen LogP contribution in [0.3, 0.4) is 0 Å². The van der Waals surface area contributed by atoms with Crippen LogP contribution in [0.4, 0.5) is 0 Å². The summed E-state index contributed by atoms with van der Waals surface area (Å²) in [6.45, 7) is 3.90. The quantitative estimate of drug-likeness (QED) is 0.604. The van der Waals surface area contributed by atoms with Crippen LogP contribution in [-0.2, 0) is 0 Å². The highest BCUT2D eigenvalue weighted by Gasteiger charge is 2.36. The molecule has 0 radical (unpaired) electrons. The number of unbranched alkanes of at least 4 members (excludes halogenated alkanes) is 1. The highest BCUT2D eigenvalue weighted by atomic mass is 32.1. The first-order chi connectivity index (χ1) is 8.20. The van der Waals surface area contributed by atoms with Crippen LogP contribution in [0.15, 0.2) is 0 Å². The van der Waals surface area contributed by atoms with E-state index >= 15 is 0 Å². The molecule has 3 heteroatoms. The maximum Gasteiger partial charge on any atom is 0.0727 e. The van der Waals surface area contributed by atoms with Crippen LogP contribution in [0.2, 0.25) is 0 Å². The number of nitrogens with zero attached hydrogens (tertiary/aromatic N) is 1. The molecule has 0 bridgehead atoms. The molecular weight excluding hydrogens is 228 g/mol. The lowest BCUT2D eigenvalue weighted by Gasteiger charge is -2.39. The first kappa shape index (κ1) is 13.3. The molecule has 1 saturated carbocycles. The summed E-state index contributed by atoms with van der Waals surface area (Å²) in [6, 6.07) is 0. The van der Waals surface area contributed by atoms with E-state index in [0.717, 1.165) is 18.3 Å². The molecule has 0 amide bonds. The van der Waals surface area contributed by atoms with Gasteiger partial charge in [-0.05, 0) is 70.0 Å². The van der Waals surface area contributed by atoms with Crippen molar-refractivity contribution in [2.24, 2.45) is 11.1 Å². The summed E-state index contributed by atoms with van der Waals surface area (Å²) in [5.74, 6) is 0. The van der Waals surface area contributed by atoms with E-state index in [0.29, 0.717) is 4.99 Å². The van der Waals surface area contributed by atoms with Crippen LogP contribution in [0, 0.1) is 5.41 Å². The van der Waals surface area contributed by atoms with Crippen LogP contribution in [0.5, 0.6) is 0 Å².